The number of amides is 1. The first-order valence-corrected chi connectivity index (χ1v) is 4.72. The van der Waals surface area contributed by atoms with Gasteiger partial charge in [-0.3, -0.25) is 4.79 Å². The zero-order chi connectivity index (χ0) is 10.4. The Morgan fingerprint density at radius 2 is 2.57 bits per heavy atom. The molecule has 14 heavy (non-hydrogen) atoms. The number of rotatable bonds is 4. The number of nitrogens with one attached hydrogen (secondary N) is 2. The average molecular weight is 199 g/mol. The fourth-order valence-electron chi connectivity index (χ4n) is 1.29. The smallest absolute Gasteiger partial charge is 0.234 e. The van der Waals surface area contributed by atoms with Crippen LogP contribution in [0.5, 0.6) is 0 Å². The van der Waals surface area contributed by atoms with Crippen LogP contribution in [0.1, 0.15) is 6.42 Å². The van der Waals surface area contributed by atoms with Gasteiger partial charge >= 0.3 is 0 Å². The quantitative estimate of drug-likeness (QED) is 0.540. The minimum absolute atomic E-state index is 0.00861. The number of hydrogen-bond donors (Lipinski definition) is 3. The van der Waals surface area contributed by atoms with E-state index in [2.05, 4.69) is 10.6 Å². The van der Waals surface area contributed by atoms with Crippen LogP contribution < -0.4 is 16.4 Å². The molecule has 5 nitrogen and oxygen atoms in total. The van der Waals surface area contributed by atoms with Crippen LogP contribution in [0.15, 0.2) is 11.8 Å². The Morgan fingerprint density at radius 3 is 3.07 bits per heavy atom. The lowest BCUT2D eigenvalue weighted by atomic mass is 10.1. The van der Waals surface area contributed by atoms with E-state index in [1.54, 1.807) is 7.05 Å². The van der Waals surface area contributed by atoms with Crippen molar-refractivity contribution in [2.24, 2.45) is 5.73 Å². The summed E-state index contributed by atoms with van der Waals surface area (Å²) in [4.78, 5) is 11.2. The topological polar surface area (TPSA) is 76.4 Å². The SMILES string of the molecule is CNCC(=O)NC1CC=C(CN)OC1. The lowest BCUT2D eigenvalue weighted by molar-refractivity contribution is -0.121. The normalized spacial score (nSPS) is 21.0. The van der Waals surface area contributed by atoms with Gasteiger partial charge in [0.1, 0.15) is 12.4 Å². The van der Waals surface area contributed by atoms with Gasteiger partial charge in [0.2, 0.25) is 5.91 Å². The van der Waals surface area contributed by atoms with Crippen LogP contribution in [0.3, 0.4) is 0 Å². The van der Waals surface area contributed by atoms with E-state index in [0.29, 0.717) is 19.7 Å². The van der Waals surface area contributed by atoms with Crippen LogP contribution in [0, 0.1) is 0 Å². The van der Waals surface area contributed by atoms with Gasteiger partial charge in [0.15, 0.2) is 0 Å². The standard InChI is InChI=1S/C9H17N3O2/c1-11-5-9(13)12-7-2-3-8(4-10)14-6-7/h3,7,11H,2,4-6,10H2,1H3,(H,12,13). The summed E-state index contributed by atoms with van der Waals surface area (Å²) >= 11 is 0. The Labute approximate surface area is 83.7 Å². The van der Waals surface area contributed by atoms with E-state index in [1.807, 2.05) is 6.08 Å². The lowest BCUT2D eigenvalue weighted by Gasteiger charge is -2.23. The molecule has 0 saturated carbocycles. The highest BCUT2D eigenvalue weighted by atomic mass is 16.5. The molecule has 0 aromatic rings. The predicted octanol–water partition coefficient (Wildman–Crippen LogP) is -1.05. The third-order valence-corrected chi connectivity index (χ3v) is 2.00. The van der Waals surface area contributed by atoms with Gasteiger partial charge in [-0.05, 0) is 19.5 Å². The Morgan fingerprint density at radius 1 is 1.79 bits per heavy atom. The molecule has 1 heterocycles. The fraction of sp³-hybridized carbons (Fsp3) is 0.667. The van der Waals surface area contributed by atoms with E-state index in [4.69, 9.17) is 10.5 Å². The van der Waals surface area contributed by atoms with Crippen LogP contribution >= 0.6 is 0 Å². The van der Waals surface area contributed by atoms with Gasteiger partial charge in [-0.25, -0.2) is 0 Å². The highest BCUT2D eigenvalue weighted by Gasteiger charge is 2.16. The first-order chi connectivity index (χ1) is 6.76. The molecule has 1 unspecified atom stereocenters. The summed E-state index contributed by atoms with van der Waals surface area (Å²) in [7, 11) is 1.74. The molecule has 0 aromatic carbocycles. The molecule has 0 spiro atoms. The number of carbonyl (C=O) groups is 1. The first kappa shape index (κ1) is 11.0. The van der Waals surface area contributed by atoms with Crippen molar-refractivity contribution < 1.29 is 9.53 Å². The van der Waals surface area contributed by atoms with Gasteiger partial charge in [0.25, 0.3) is 0 Å². The molecule has 0 bridgehead atoms. The van der Waals surface area contributed by atoms with E-state index in [0.717, 1.165) is 12.2 Å². The highest BCUT2D eigenvalue weighted by molar-refractivity contribution is 5.78. The largest absolute Gasteiger partial charge is 0.495 e. The molecule has 1 aliphatic rings. The maximum atomic E-state index is 11.2. The highest BCUT2D eigenvalue weighted by Crippen LogP contribution is 2.08. The molecule has 5 heteroatoms. The summed E-state index contributed by atoms with van der Waals surface area (Å²) in [5.74, 6) is 0.801. The first-order valence-electron chi connectivity index (χ1n) is 4.72. The number of hydrogen-bond acceptors (Lipinski definition) is 4. The fourth-order valence-corrected chi connectivity index (χ4v) is 1.29. The lowest BCUT2D eigenvalue weighted by Crippen LogP contribution is -2.43. The second-order valence-electron chi connectivity index (χ2n) is 3.22. The van der Waals surface area contributed by atoms with Crippen LogP contribution in [-0.2, 0) is 9.53 Å². The summed E-state index contributed by atoms with van der Waals surface area (Å²) < 4.78 is 5.32. The molecule has 0 aromatic heterocycles. The molecule has 0 aliphatic carbocycles. The van der Waals surface area contributed by atoms with Gasteiger partial charge in [-0.1, -0.05) is 0 Å². The van der Waals surface area contributed by atoms with Crippen molar-refractivity contribution in [1.82, 2.24) is 10.6 Å². The molecule has 4 N–H and O–H groups in total. The molecular weight excluding hydrogens is 182 g/mol. The van der Waals surface area contributed by atoms with E-state index in [9.17, 15) is 4.79 Å². The molecule has 1 rings (SSSR count). The molecule has 0 radical (unpaired) electrons. The maximum Gasteiger partial charge on any atom is 0.234 e. The minimum Gasteiger partial charge on any atom is -0.495 e. The second kappa shape index (κ2) is 5.62. The van der Waals surface area contributed by atoms with Gasteiger partial charge in [0, 0.05) is 0 Å². The summed E-state index contributed by atoms with van der Waals surface area (Å²) in [6.45, 7) is 1.28. The third kappa shape index (κ3) is 3.35. The number of carbonyl (C=O) groups excluding carboxylic acids is 1. The Balaban J connectivity index is 2.29. The van der Waals surface area contributed by atoms with Gasteiger partial charge in [-0.2, -0.15) is 0 Å². The summed E-state index contributed by atoms with van der Waals surface area (Å²) in [6, 6.07) is 0.0751. The van der Waals surface area contributed by atoms with Gasteiger partial charge in [0.05, 0.1) is 19.1 Å². The Hall–Kier alpha value is -1.07. The van der Waals surface area contributed by atoms with E-state index < -0.39 is 0 Å². The number of likely N-dealkylation sites (N-methyl/N-ethyl adjacent to an activating group) is 1. The van der Waals surface area contributed by atoms with Crippen LogP contribution in [-0.4, -0.2) is 38.7 Å². The monoisotopic (exact) mass is 199 g/mol. The van der Waals surface area contributed by atoms with Crippen molar-refractivity contribution in [3.05, 3.63) is 11.8 Å². The molecule has 0 saturated heterocycles. The van der Waals surface area contributed by atoms with Crippen molar-refractivity contribution in [2.45, 2.75) is 12.5 Å². The summed E-state index contributed by atoms with van der Waals surface area (Å²) in [6.07, 6.45) is 2.72. The predicted molar refractivity (Wildman–Crippen MR) is 53.6 cm³/mol. The number of ether oxygens (including phenoxy) is 1. The van der Waals surface area contributed by atoms with Crippen LogP contribution in [0.25, 0.3) is 0 Å². The molecule has 80 valence electrons. The zero-order valence-electron chi connectivity index (χ0n) is 8.38. The Bertz CT molecular complexity index is 228. The molecule has 1 amide bonds. The van der Waals surface area contributed by atoms with Crippen molar-refractivity contribution in [1.29, 1.82) is 0 Å². The average Bonchev–Trinajstić information content (AvgIpc) is 2.19. The Kier molecular flexibility index (Phi) is 4.42. The second-order valence-corrected chi connectivity index (χ2v) is 3.22. The van der Waals surface area contributed by atoms with Gasteiger partial charge < -0.3 is 21.1 Å². The molecule has 1 atom stereocenters. The number of nitrogens with two attached hydrogens (primary N) is 1. The maximum absolute atomic E-state index is 11.2. The summed E-state index contributed by atoms with van der Waals surface area (Å²) in [5, 5.41) is 5.64. The van der Waals surface area contributed by atoms with E-state index in [1.165, 1.54) is 0 Å². The molecule has 1 aliphatic heterocycles. The van der Waals surface area contributed by atoms with Gasteiger partial charge in [-0.15, -0.1) is 0 Å². The van der Waals surface area contributed by atoms with Crippen molar-refractivity contribution in [3.8, 4) is 0 Å². The zero-order valence-corrected chi connectivity index (χ0v) is 8.38. The van der Waals surface area contributed by atoms with Crippen LogP contribution in [0.4, 0.5) is 0 Å². The van der Waals surface area contributed by atoms with E-state index >= 15 is 0 Å². The molecule has 0 fully saturated rings. The van der Waals surface area contributed by atoms with Crippen molar-refractivity contribution >= 4 is 5.91 Å². The summed E-state index contributed by atoms with van der Waals surface area (Å²) in [5.41, 5.74) is 5.41. The van der Waals surface area contributed by atoms with Crippen molar-refractivity contribution in [2.75, 3.05) is 26.7 Å². The van der Waals surface area contributed by atoms with Crippen molar-refractivity contribution in [3.63, 3.8) is 0 Å². The van der Waals surface area contributed by atoms with Crippen LogP contribution in [0.2, 0.25) is 0 Å². The third-order valence-electron chi connectivity index (χ3n) is 2.00. The minimum atomic E-state index is -0.00861. The van der Waals surface area contributed by atoms with E-state index in [-0.39, 0.29) is 11.9 Å². The molecular formula is C9H17N3O2.